The van der Waals surface area contributed by atoms with Gasteiger partial charge in [0.2, 0.25) is 0 Å². The molecule has 0 aliphatic carbocycles. The van der Waals surface area contributed by atoms with Gasteiger partial charge in [-0.25, -0.2) is 0 Å². The predicted molar refractivity (Wildman–Crippen MR) is 56.6 cm³/mol. The first-order chi connectivity index (χ1) is 5.72. The fourth-order valence-electron chi connectivity index (χ4n) is 0.936. The Balaban J connectivity index is 3.39. The van der Waals surface area contributed by atoms with Gasteiger partial charge < -0.3 is 10.5 Å². The molecule has 0 heterocycles. The van der Waals surface area contributed by atoms with Crippen molar-refractivity contribution in [2.24, 2.45) is 11.7 Å². The normalized spacial score (nSPS) is 16.0. The highest BCUT2D eigenvalue weighted by Crippen LogP contribution is 2.11. The van der Waals surface area contributed by atoms with E-state index in [0.29, 0.717) is 12.0 Å². The Labute approximate surface area is 80.2 Å². The third-order valence-electron chi connectivity index (χ3n) is 2.02. The van der Waals surface area contributed by atoms with Crippen LogP contribution >= 0.6 is 11.8 Å². The van der Waals surface area contributed by atoms with Crippen LogP contribution in [0.25, 0.3) is 0 Å². The van der Waals surface area contributed by atoms with Crippen LogP contribution in [0.4, 0.5) is 0 Å². The smallest absolute Gasteiger partial charge is 0.0465 e. The highest BCUT2D eigenvalue weighted by atomic mass is 32.2. The van der Waals surface area contributed by atoms with E-state index in [9.17, 15) is 0 Å². The first-order valence-corrected chi connectivity index (χ1v) is 5.70. The zero-order valence-electron chi connectivity index (χ0n) is 8.38. The van der Waals surface area contributed by atoms with Crippen molar-refractivity contribution in [1.29, 1.82) is 0 Å². The van der Waals surface area contributed by atoms with Crippen LogP contribution in [0.5, 0.6) is 0 Å². The molecular weight excluding hydrogens is 170 g/mol. The van der Waals surface area contributed by atoms with Crippen LogP contribution in [0.15, 0.2) is 0 Å². The molecule has 2 N–H and O–H groups in total. The molecular formula is C9H21NOS. The third kappa shape index (κ3) is 5.86. The molecule has 3 heteroatoms. The summed E-state index contributed by atoms with van der Waals surface area (Å²) in [5.74, 6) is 2.80. The van der Waals surface area contributed by atoms with E-state index in [2.05, 4.69) is 13.8 Å². The van der Waals surface area contributed by atoms with Crippen LogP contribution in [0, 0.1) is 5.92 Å². The first-order valence-electron chi connectivity index (χ1n) is 4.54. The van der Waals surface area contributed by atoms with Crippen LogP contribution in [-0.2, 0) is 4.74 Å². The molecule has 12 heavy (non-hydrogen) atoms. The minimum Gasteiger partial charge on any atom is -0.385 e. The van der Waals surface area contributed by atoms with Crippen molar-refractivity contribution in [2.75, 3.05) is 25.2 Å². The zero-order valence-corrected chi connectivity index (χ0v) is 9.19. The number of rotatable bonds is 7. The van der Waals surface area contributed by atoms with Crippen molar-refractivity contribution in [3.8, 4) is 0 Å². The van der Waals surface area contributed by atoms with Gasteiger partial charge >= 0.3 is 0 Å². The second-order valence-corrected chi connectivity index (χ2v) is 4.40. The van der Waals surface area contributed by atoms with Crippen molar-refractivity contribution >= 4 is 11.8 Å². The minimum absolute atomic E-state index is 0.324. The lowest BCUT2D eigenvalue weighted by Gasteiger charge is -2.18. The molecule has 0 radical (unpaired) electrons. The van der Waals surface area contributed by atoms with Gasteiger partial charge in [-0.15, -0.1) is 0 Å². The quantitative estimate of drug-likeness (QED) is 0.666. The Kier molecular flexibility index (Phi) is 8.07. The van der Waals surface area contributed by atoms with Crippen molar-refractivity contribution in [2.45, 2.75) is 26.3 Å². The third-order valence-corrected chi connectivity index (χ3v) is 3.05. The lowest BCUT2D eigenvalue weighted by atomic mass is 10.0. The summed E-state index contributed by atoms with van der Waals surface area (Å²) in [6, 6.07) is 0.324. The highest BCUT2D eigenvalue weighted by molar-refractivity contribution is 7.99. The van der Waals surface area contributed by atoms with Gasteiger partial charge in [-0.3, -0.25) is 0 Å². The molecule has 0 aliphatic heterocycles. The molecule has 0 amide bonds. The van der Waals surface area contributed by atoms with Crippen LogP contribution in [-0.4, -0.2) is 31.3 Å². The maximum Gasteiger partial charge on any atom is 0.0465 e. The van der Waals surface area contributed by atoms with Gasteiger partial charge in [-0.05, 0) is 18.1 Å². The fraction of sp³-hybridized carbons (Fsp3) is 1.00. The number of thioether (sulfide) groups is 1. The predicted octanol–water partition coefficient (Wildman–Crippen LogP) is 1.74. The SMILES string of the molecule is CCSCC(N)C(C)CCOC. The summed E-state index contributed by atoms with van der Waals surface area (Å²) in [6.45, 7) is 5.18. The van der Waals surface area contributed by atoms with E-state index in [1.807, 2.05) is 11.8 Å². The van der Waals surface area contributed by atoms with Gasteiger partial charge in [-0.1, -0.05) is 13.8 Å². The Morgan fingerprint density at radius 1 is 1.50 bits per heavy atom. The molecule has 0 spiro atoms. The molecule has 0 aromatic carbocycles. The van der Waals surface area contributed by atoms with E-state index in [1.54, 1.807) is 7.11 Å². The minimum atomic E-state index is 0.324. The summed E-state index contributed by atoms with van der Waals surface area (Å²) in [6.07, 6.45) is 1.07. The number of methoxy groups -OCH3 is 1. The number of hydrogen-bond acceptors (Lipinski definition) is 3. The molecule has 0 fully saturated rings. The van der Waals surface area contributed by atoms with Gasteiger partial charge in [-0.2, -0.15) is 11.8 Å². The second kappa shape index (κ2) is 7.90. The molecule has 74 valence electrons. The maximum atomic E-state index is 5.97. The Morgan fingerprint density at radius 2 is 2.17 bits per heavy atom. The standard InChI is InChI=1S/C9H21NOS/c1-4-12-7-9(10)8(2)5-6-11-3/h8-9H,4-7,10H2,1-3H3. The zero-order chi connectivity index (χ0) is 9.40. The summed E-state index contributed by atoms with van der Waals surface area (Å²) in [5, 5.41) is 0. The van der Waals surface area contributed by atoms with Crippen molar-refractivity contribution in [3.63, 3.8) is 0 Å². The van der Waals surface area contributed by atoms with Gasteiger partial charge in [0, 0.05) is 25.5 Å². The molecule has 0 saturated carbocycles. The molecule has 0 aromatic heterocycles. The highest BCUT2D eigenvalue weighted by Gasteiger charge is 2.11. The summed E-state index contributed by atoms with van der Waals surface area (Å²) < 4.78 is 5.00. The first kappa shape index (κ1) is 12.3. The van der Waals surface area contributed by atoms with E-state index < -0.39 is 0 Å². The molecule has 0 saturated heterocycles. The van der Waals surface area contributed by atoms with E-state index >= 15 is 0 Å². The Hall–Kier alpha value is 0.270. The van der Waals surface area contributed by atoms with Crippen molar-refractivity contribution in [1.82, 2.24) is 0 Å². The summed E-state index contributed by atoms with van der Waals surface area (Å²) in [4.78, 5) is 0. The van der Waals surface area contributed by atoms with E-state index in [0.717, 1.165) is 24.5 Å². The van der Waals surface area contributed by atoms with Crippen LogP contribution in [0.1, 0.15) is 20.3 Å². The molecule has 2 nitrogen and oxygen atoms in total. The molecule has 0 rings (SSSR count). The maximum absolute atomic E-state index is 5.97. The Morgan fingerprint density at radius 3 is 2.67 bits per heavy atom. The van der Waals surface area contributed by atoms with E-state index in [-0.39, 0.29) is 0 Å². The topological polar surface area (TPSA) is 35.2 Å². The van der Waals surface area contributed by atoms with Gasteiger partial charge in [0.25, 0.3) is 0 Å². The summed E-state index contributed by atoms with van der Waals surface area (Å²) in [5.41, 5.74) is 5.97. The van der Waals surface area contributed by atoms with Crippen LogP contribution in [0.3, 0.4) is 0 Å². The average molecular weight is 191 g/mol. The fourth-order valence-corrected chi connectivity index (χ4v) is 1.77. The van der Waals surface area contributed by atoms with Crippen molar-refractivity contribution < 1.29 is 4.74 Å². The van der Waals surface area contributed by atoms with Crippen LogP contribution in [0.2, 0.25) is 0 Å². The number of ether oxygens (including phenoxy) is 1. The molecule has 2 unspecified atom stereocenters. The number of hydrogen-bond donors (Lipinski definition) is 1. The molecule has 0 aromatic rings. The van der Waals surface area contributed by atoms with Gasteiger partial charge in [0.1, 0.15) is 0 Å². The molecule has 2 atom stereocenters. The monoisotopic (exact) mass is 191 g/mol. The van der Waals surface area contributed by atoms with Crippen LogP contribution < -0.4 is 5.73 Å². The van der Waals surface area contributed by atoms with Gasteiger partial charge in [0.15, 0.2) is 0 Å². The largest absolute Gasteiger partial charge is 0.385 e. The van der Waals surface area contributed by atoms with Gasteiger partial charge in [0.05, 0.1) is 0 Å². The molecule has 0 bridgehead atoms. The average Bonchev–Trinajstić information content (AvgIpc) is 2.10. The lowest BCUT2D eigenvalue weighted by Crippen LogP contribution is -2.31. The van der Waals surface area contributed by atoms with E-state index in [4.69, 9.17) is 10.5 Å². The number of nitrogens with two attached hydrogens (primary N) is 1. The Bertz CT molecular complexity index is 88.5. The second-order valence-electron chi connectivity index (χ2n) is 3.08. The summed E-state index contributed by atoms with van der Waals surface area (Å²) in [7, 11) is 1.74. The molecule has 0 aliphatic rings. The lowest BCUT2D eigenvalue weighted by molar-refractivity contribution is 0.176. The van der Waals surface area contributed by atoms with E-state index in [1.165, 1.54) is 0 Å². The van der Waals surface area contributed by atoms with Crippen molar-refractivity contribution in [3.05, 3.63) is 0 Å². The summed E-state index contributed by atoms with van der Waals surface area (Å²) >= 11 is 1.91.